The van der Waals surface area contributed by atoms with Crippen LogP contribution in [0.5, 0.6) is 0 Å². The second kappa shape index (κ2) is 5.53. The fraction of sp³-hybridized carbons (Fsp3) is 0.368. The Morgan fingerprint density at radius 2 is 1.76 bits per heavy atom. The largest absolute Gasteiger partial charge is 0.382 e. The number of rotatable bonds is 2. The lowest BCUT2D eigenvalue weighted by Gasteiger charge is -2.32. The molecule has 2 heterocycles. The Hall–Kier alpha value is -1.80. The van der Waals surface area contributed by atoms with Gasteiger partial charge >= 0.3 is 0 Å². The van der Waals surface area contributed by atoms with Gasteiger partial charge in [-0.3, -0.25) is 0 Å². The predicted octanol–water partition coefficient (Wildman–Crippen LogP) is 4.12. The summed E-state index contributed by atoms with van der Waals surface area (Å²) in [5.41, 5.74) is 5.60. The van der Waals surface area contributed by atoms with Gasteiger partial charge in [0.2, 0.25) is 0 Å². The van der Waals surface area contributed by atoms with E-state index in [4.69, 9.17) is 4.74 Å². The Labute approximate surface area is 126 Å². The molecule has 2 aliphatic heterocycles. The van der Waals surface area contributed by atoms with Gasteiger partial charge in [-0.05, 0) is 48.4 Å². The van der Waals surface area contributed by atoms with E-state index in [1.807, 2.05) is 0 Å². The molecule has 0 saturated heterocycles. The van der Waals surface area contributed by atoms with Gasteiger partial charge < -0.3 is 10.1 Å². The summed E-state index contributed by atoms with van der Waals surface area (Å²) in [6.07, 6.45) is 4.72. The number of nitrogens with one attached hydrogen (secondary N) is 1. The number of hydrogen-bond acceptors (Lipinski definition) is 2. The van der Waals surface area contributed by atoms with Gasteiger partial charge in [0.15, 0.2) is 0 Å². The van der Waals surface area contributed by atoms with E-state index in [0.29, 0.717) is 6.04 Å². The Bertz CT molecular complexity index is 637. The standard InChI is InChI=1S/C19H21NO/c1-3-7-17-14(5-1)11-12-21-19(17)13-16-10-9-15-6-2-4-8-18(15)20-16/h1-8,16,19-20H,9-13H2. The van der Waals surface area contributed by atoms with Gasteiger partial charge in [0.25, 0.3) is 0 Å². The molecule has 1 N–H and O–H groups in total. The zero-order chi connectivity index (χ0) is 14.1. The van der Waals surface area contributed by atoms with Crippen molar-refractivity contribution in [2.45, 2.75) is 37.8 Å². The number of hydrogen-bond donors (Lipinski definition) is 1. The van der Waals surface area contributed by atoms with Crippen LogP contribution < -0.4 is 5.32 Å². The van der Waals surface area contributed by atoms with Gasteiger partial charge in [-0.1, -0.05) is 42.5 Å². The molecule has 0 aliphatic carbocycles. The van der Waals surface area contributed by atoms with E-state index in [1.54, 1.807) is 0 Å². The number of benzene rings is 2. The first-order chi connectivity index (χ1) is 10.4. The fourth-order valence-electron chi connectivity index (χ4n) is 3.61. The summed E-state index contributed by atoms with van der Waals surface area (Å²) in [5, 5.41) is 3.70. The van der Waals surface area contributed by atoms with E-state index in [2.05, 4.69) is 53.8 Å². The van der Waals surface area contributed by atoms with Crippen molar-refractivity contribution in [2.75, 3.05) is 11.9 Å². The second-order valence-electron chi connectivity index (χ2n) is 6.08. The number of fused-ring (bicyclic) bond motifs is 2. The molecule has 0 fully saturated rings. The van der Waals surface area contributed by atoms with E-state index in [-0.39, 0.29) is 6.10 Å². The van der Waals surface area contributed by atoms with E-state index in [9.17, 15) is 0 Å². The van der Waals surface area contributed by atoms with Gasteiger partial charge in [-0.15, -0.1) is 0 Å². The lowest BCUT2D eigenvalue weighted by Crippen LogP contribution is -2.29. The van der Waals surface area contributed by atoms with Crippen molar-refractivity contribution in [3.63, 3.8) is 0 Å². The van der Waals surface area contributed by atoms with Gasteiger partial charge in [0.05, 0.1) is 12.7 Å². The SMILES string of the molecule is c1ccc2c(c1)CCC(CC1OCCc3ccccc31)N2. The van der Waals surface area contributed by atoms with Crippen molar-refractivity contribution in [2.24, 2.45) is 0 Å². The Kier molecular flexibility index (Phi) is 3.40. The van der Waals surface area contributed by atoms with Crippen LogP contribution in [0.3, 0.4) is 0 Å². The van der Waals surface area contributed by atoms with Crippen LogP contribution in [0.25, 0.3) is 0 Å². The average molecular weight is 279 g/mol. The van der Waals surface area contributed by atoms with Crippen LogP contribution in [0.4, 0.5) is 5.69 Å². The van der Waals surface area contributed by atoms with Gasteiger partial charge in [-0.2, -0.15) is 0 Å². The first-order valence-electron chi connectivity index (χ1n) is 7.94. The van der Waals surface area contributed by atoms with E-state index < -0.39 is 0 Å². The summed E-state index contributed by atoms with van der Waals surface area (Å²) in [5.74, 6) is 0. The highest BCUT2D eigenvalue weighted by Crippen LogP contribution is 2.34. The molecule has 2 atom stereocenters. The molecule has 0 amide bonds. The van der Waals surface area contributed by atoms with Gasteiger partial charge in [-0.25, -0.2) is 0 Å². The quantitative estimate of drug-likeness (QED) is 0.893. The summed E-state index contributed by atoms with van der Waals surface area (Å²) in [7, 11) is 0. The highest BCUT2D eigenvalue weighted by Gasteiger charge is 2.26. The lowest BCUT2D eigenvalue weighted by molar-refractivity contribution is 0.0327. The van der Waals surface area contributed by atoms with E-state index in [0.717, 1.165) is 19.4 Å². The average Bonchev–Trinajstić information content (AvgIpc) is 2.55. The predicted molar refractivity (Wildman–Crippen MR) is 85.6 cm³/mol. The van der Waals surface area contributed by atoms with Crippen molar-refractivity contribution in [1.29, 1.82) is 0 Å². The normalized spacial score (nSPS) is 23.8. The summed E-state index contributed by atoms with van der Waals surface area (Å²) in [6, 6.07) is 17.9. The molecule has 2 aliphatic rings. The molecule has 2 heteroatoms. The maximum Gasteiger partial charge on any atom is 0.0847 e. The molecule has 0 radical (unpaired) electrons. The van der Waals surface area contributed by atoms with Crippen LogP contribution in [0.15, 0.2) is 48.5 Å². The maximum atomic E-state index is 6.06. The summed E-state index contributed by atoms with van der Waals surface area (Å²) in [6.45, 7) is 0.852. The number of ether oxygens (including phenoxy) is 1. The fourth-order valence-corrected chi connectivity index (χ4v) is 3.61. The molecule has 0 bridgehead atoms. The molecule has 2 nitrogen and oxygen atoms in total. The molecular weight excluding hydrogens is 258 g/mol. The minimum Gasteiger partial charge on any atom is -0.382 e. The van der Waals surface area contributed by atoms with Crippen LogP contribution in [0.1, 0.15) is 35.6 Å². The molecule has 0 spiro atoms. The molecule has 0 saturated carbocycles. The third-order valence-electron chi connectivity index (χ3n) is 4.73. The third kappa shape index (κ3) is 2.56. The lowest BCUT2D eigenvalue weighted by atomic mass is 9.89. The van der Waals surface area contributed by atoms with Crippen LogP contribution in [-0.2, 0) is 17.6 Å². The monoisotopic (exact) mass is 279 g/mol. The third-order valence-corrected chi connectivity index (χ3v) is 4.73. The van der Waals surface area contributed by atoms with Crippen LogP contribution >= 0.6 is 0 Å². The Morgan fingerprint density at radius 1 is 0.952 bits per heavy atom. The van der Waals surface area contributed by atoms with Crippen LogP contribution in [0, 0.1) is 0 Å². The highest BCUT2D eigenvalue weighted by atomic mass is 16.5. The smallest absolute Gasteiger partial charge is 0.0847 e. The highest BCUT2D eigenvalue weighted by molar-refractivity contribution is 5.53. The minimum absolute atomic E-state index is 0.248. The van der Waals surface area contributed by atoms with Crippen molar-refractivity contribution < 1.29 is 4.74 Å². The van der Waals surface area contributed by atoms with Gasteiger partial charge in [0.1, 0.15) is 0 Å². The molecule has 21 heavy (non-hydrogen) atoms. The summed E-state index contributed by atoms with van der Waals surface area (Å²) < 4.78 is 6.06. The van der Waals surface area contributed by atoms with E-state index in [1.165, 1.54) is 35.2 Å². The van der Waals surface area contributed by atoms with E-state index >= 15 is 0 Å². The van der Waals surface area contributed by atoms with Crippen molar-refractivity contribution in [3.8, 4) is 0 Å². The Balaban J connectivity index is 1.51. The molecule has 4 rings (SSSR count). The van der Waals surface area contributed by atoms with Crippen LogP contribution in [0.2, 0.25) is 0 Å². The number of aryl methyl sites for hydroxylation is 1. The second-order valence-corrected chi connectivity index (χ2v) is 6.08. The molecule has 2 aromatic carbocycles. The van der Waals surface area contributed by atoms with Crippen molar-refractivity contribution in [1.82, 2.24) is 0 Å². The first kappa shape index (κ1) is 12.9. The summed E-state index contributed by atoms with van der Waals surface area (Å²) in [4.78, 5) is 0. The molecule has 0 aromatic heterocycles. The minimum atomic E-state index is 0.248. The van der Waals surface area contributed by atoms with Gasteiger partial charge in [0, 0.05) is 11.7 Å². The topological polar surface area (TPSA) is 21.3 Å². The number of anilines is 1. The van der Waals surface area contributed by atoms with Crippen LogP contribution in [-0.4, -0.2) is 12.6 Å². The summed E-state index contributed by atoms with van der Waals surface area (Å²) >= 11 is 0. The maximum absolute atomic E-state index is 6.06. The molecule has 108 valence electrons. The van der Waals surface area contributed by atoms with Crippen molar-refractivity contribution in [3.05, 3.63) is 65.2 Å². The first-order valence-corrected chi connectivity index (χ1v) is 7.94. The molecular formula is C19H21NO. The zero-order valence-corrected chi connectivity index (χ0v) is 12.2. The Morgan fingerprint density at radius 3 is 2.71 bits per heavy atom. The van der Waals surface area contributed by atoms with Crippen molar-refractivity contribution >= 4 is 5.69 Å². The molecule has 2 unspecified atom stereocenters. The molecule has 2 aromatic rings. The number of para-hydroxylation sites is 1. The zero-order valence-electron chi connectivity index (χ0n) is 12.2.